The molecule has 6 rings (SSSR count). The highest BCUT2D eigenvalue weighted by Crippen LogP contribution is 2.43. The van der Waals surface area contributed by atoms with E-state index in [0.29, 0.717) is 29.3 Å². The van der Waals surface area contributed by atoms with E-state index in [4.69, 9.17) is 9.15 Å². The lowest BCUT2D eigenvalue weighted by molar-refractivity contribution is 0.0377. The number of nitrogens with one attached hydrogen (secondary N) is 1. The molecule has 0 spiro atoms. The Morgan fingerprint density at radius 1 is 1.08 bits per heavy atom. The Kier molecular flexibility index (Phi) is 5.89. The highest BCUT2D eigenvalue weighted by atomic mass is 16.6. The third-order valence-corrected chi connectivity index (χ3v) is 7.54. The Morgan fingerprint density at radius 3 is 2.39 bits per heavy atom. The van der Waals surface area contributed by atoms with Crippen LogP contribution in [0.4, 0.5) is 4.79 Å². The molecule has 38 heavy (non-hydrogen) atoms. The lowest BCUT2D eigenvalue weighted by Gasteiger charge is -2.43. The number of carbonyl (C=O) groups is 1. The number of rotatable bonds is 6. The average Bonchev–Trinajstić information content (AvgIpc) is 3.59. The Bertz CT molecular complexity index is 1540. The predicted molar refractivity (Wildman–Crippen MR) is 147 cm³/mol. The molecule has 4 aromatic rings. The van der Waals surface area contributed by atoms with Crippen LogP contribution in [0.25, 0.3) is 33.6 Å². The summed E-state index contributed by atoms with van der Waals surface area (Å²) in [6, 6.07) is 17.9. The van der Waals surface area contributed by atoms with Crippen LogP contribution in [0.1, 0.15) is 58.4 Å². The zero-order valence-electron chi connectivity index (χ0n) is 22.1. The maximum Gasteiger partial charge on any atom is 0.408 e. The van der Waals surface area contributed by atoms with Crippen LogP contribution in [0.3, 0.4) is 0 Å². The molecule has 2 aliphatic rings. The molecule has 2 saturated carbocycles. The number of hydrogen-bond donors (Lipinski definition) is 1. The summed E-state index contributed by atoms with van der Waals surface area (Å²) in [7, 11) is 0. The number of nitrogens with zero attached hydrogens (tertiary/aromatic N) is 2. The lowest BCUT2D eigenvalue weighted by Crippen LogP contribution is -2.52. The number of carbonyl (C=O) groups excluding carboxylic acids is 1. The fraction of sp³-hybridized carbons (Fsp3) is 0.387. The SMILES string of the molecule is CC(C)(C)OC(=O)NC1(c2ccc(-c3oc4ncn(CC5CC5)c(=O)c4c3-c3ccccc3)cc2)CCC1. The van der Waals surface area contributed by atoms with E-state index in [-0.39, 0.29) is 5.56 Å². The summed E-state index contributed by atoms with van der Waals surface area (Å²) in [5.41, 5.74) is 2.85. The van der Waals surface area contributed by atoms with Gasteiger partial charge in [-0.25, -0.2) is 9.78 Å². The van der Waals surface area contributed by atoms with Crippen molar-refractivity contribution in [1.82, 2.24) is 14.9 Å². The van der Waals surface area contributed by atoms with Crippen molar-refractivity contribution >= 4 is 17.2 Å². The van der Waals surface area contributed by atoms with Gasteiger partial charge in [0.05, 0.1) is 5.54 Å². The van der Waals surface area contributed by atoms with Gasteiger partial charge in [-0.1, -0.05) is 54.6 Å². The van der Waals surface area contributed by atoms with Gasteiger partial charge in [-0.2, -0.15) is 0 Å². The van der Waals surface area contributed by atoms with Crippen molar-refractivity contribution in [2.24, 2.45) is 5.92 Å². The van der Waals surface area contributed by atoms with Gasteiger partial charge >= 0.3 is 6.09 Å². The molecule has 2 aliphatic carbocycles. The first-order chi connectivity index (χ1) is 18.2. The molecule has 1 N–H and O–H groups in total. The fourth-order valence-corrected chi connectivity index (χ4v) is 5.27. The molecule has 0 saturated heterocycles. The second-order valence-electron chi connectivity index (χ2n) is 11.6. The summed E-state index contributed by atoms with van der Waals surface area (Å²) in [6.45, 7) is 6.28. The van der Waals surface area contributed by atoms with Crippen LogP contribution in [-0.4, -0.2) is 21.2 Å². The summed E-state index contributed by atoms with van der Waals surface area (Å²) in [5.74, 6) is 1.17. The van der Waals surface area contributed by atoms with Crippen molar-refractivity contribution in [2.75, 3.05) is 0 Å². The van der Waals surface area contributed by atoms with Crippen LogP contribution >= 0.6 is 0 Å². The van der Waals surface area contributed by atoms with Gasteiger partial charge in [-0.3, -0.25) is 9.36 Å². The minimum atomic E-state index is -0.556. The molecule has 1 amide bonds. The first-order valence-electron chi connectivity index (χ1n) is 13.4. The molecule has 196 valence electrons. The van der Waals surface area contributed by atoms with E-state index >= 15 is 0 Å². The van der Waals surface area contributed by atoms with Gasteiger partial charge in [0.25, 0.3) is 5.56 Å². The van der Waals surface area contributed by atoms with E-state index < -0.39 is 17.2 Å². The maximum absolute atomic E-state index is 13.6. The van der Waals surface area contributed by atoms with Crippen molar-refractivity contribution in [3.63, 3.8) is 0 Å². The Labute approximate surface area is 221 Å². The molecular formula is C31H33N3O4. The molecule has 2 fully saturated rings. The Morgan fingerprint density at radius 2 is 1.79 bits per heavy atom. The quantitative estimate of drug-likeness (QED) is 0.314. The van der Waals surface area contributed by atoms with Crippen molar-refractivity contribution in [3.8, 4) is 22.5 Å². The fourth-order valence-electron chi connectivity index (χ4n) is 5.27. The zero-order valence-corrected chi connectivity index (χ0v) is 22.1. The third kappa shape index (κ3) is 4.62. The van der Waals surface area contributed by atoms with Gasteiger partial charge in [0.1, 0.15) is 23.1 Å². The maximum atomic E-state index is 13.6. The van der Waals surface area contributed by atoms with Crippen molar-refractivity contribution in [2.45, 2.75) is 70.6 Å². The van der Waals surface area contributed by atoms with Crippen LogP contribution < -0.4 is 10.9 Å². The largest absolute Gasteiger partial charge is 0.444 e. The van der Waals surface area contributed by atoms with Crippen molar-refractivity contribution in [3.05, 3.63) is 76.8 Å². The lowest BCUT2D eigenvalue weighted by atomic mass is 9.71. The highest BCUT2D eigenvalue weighted by Gasteiger charge is 2.41. The number of furan rings is 1. The molecule has 2 heterocycles. The number of hydrogen-bond acceptors (Lipinski definition) is 5. The minimum Gasteiger partial charge on any atom is -0.444 e. The second-order valence-corrected chi connectivity index (χ2v) is 11.6. The smallest absolute Gasteiger partial charge is 0.408 e. The Balaban J connectivity index is 1.39. The van der Waals surface area contributed by atoms with E-state index in [9.17, 15) is 9.59 Å². The number of benzene rings is 2. The minimum absolute atomic E-state index is 0.0673. The molecule has 7 heteroatoms. The number of ether oxygens (including phenoxy) is 1. The average molecular weight is 512 g/mol. The summed E-state index contributed by atoms with van der Waals surface area (Å²) in [5, 5.41) is 3.63. The molecule has 2 aromatic heterocycles. The standard InChI is InChI=1S/C31H33N3O4/c1-30(2,3)38-29(36)33-31(16-7-17-31)23-14-12-22(13-15-23)26-24(21-8-5-4-6-9-21)25-27(37-26)32-19-34(28(25)35)18-20-10-11-20/h4-6,8-9,12-15,19-20H,7,10-11,16-18H2,1-3H3,(H,33,36). The molecule has 7 nitrogen and oxygen atoms in total. The number of fused-ring (bicyclic) bond motifs is 1. The van der Waals surface area contributed by atoms with Gasteiger partial charge in [0.15, 0.2) is 0 Å². The number of aromatic nitrogens is 2. The molecule has 0 atom stereocenters. The molecule has 0 unspecified atom stereocenters. The summed E-state index contributed by atoms with van der Waals surface area (Å²) >= 11 is 0. The van der Waals surface area contributed by atoms with E-state index in [0.717, 1.165) is 54.4 Å². The van der Waals surface area contributed by atoms with Gasteiger partial charge in [-0.15, -0.1) is 0 Å². The first-order valence-corrected chi connectivity index (χ1v) is 13.4. The van der Waals surface area contributed by atoms with Crippen molar-refractivity contribution in [1.29, 1.82) is 0 Å². The third-order valence-electron chi connectivity index (χ3n) is 7.54. The van der Waals surface area contributed by atoms with Gasteiger partial charge in [-0.05, 0) is 69.9 Å². The number of amides is 1. The second kappa shape index (κ2) is 9.15. The molecule has 2 aromatic carbocycles. The van der Waals surface area contributed by atoms with Gasteiger partial charge < -0.3 is 14.5 Å². The molecule has 0 bridgehead atoms. The van der Waals surface area contributed by atoms with E-state index in [1.165, 1.54) is 0 Å². The molecular weight excluding hydrogens is 478 g/mol. The van der Waals surface area contributed by atoms with Crippen LogP contribution in [0, 0.1) is 5.92 Å². The monoisotopic (exact) mass is 511 g/mol. The normalized spacial score (nSPS) is 16.7. The first kappa shape index (κ1) is 24.5. The Hall–Kier alpha value is -3.87. The summed E-state index contributed by atoms with van der Waals surface area (Å²) < 4.78 is 13.5. The van der Waals surface area contributed by atoms with Crippen LogP contribution in [-0.2, 0) is 16.8 Å². The van der Waals surface area contributed by atoms with E-state index in [1.54, 1.807) is 10.9 Å². The molecule has 0 radical (unpaired) electrons. The predicted octanol–water partition coefficient (Wildman–Crippen LogP) is 6.64. The topological polar surface area (TPSA) is 86.4 Å². The van der Waals surface area contributed by atoms with E-state index in [1.807, 2.05) is 75.4 Å². The van der Waals surface area contributed by atoms with Gasteiger partial charge in [0, 0.05) is 17.7 Å². The summed E-state index contributed by atoms with van der Waals surface area (Å²) in [4.78, 5) is 30.7. The summed E-state index contributed by atoms with van der Waals surface area (Å²) in [6.07, 6.45) is 6.27. The van der Waals surface area contributed by atoms with Crippen molar-refractivity contribution < 1.29 is 13.9 Å². The zero-order chi connectivity index (χ0) is 26.5. The molecule has 0 aliphatic heterocycles. The highest BCUT2D eigenvalue weighted by molar-refractivity contribution is 5.99. The van der Waals surface area contributed by atoms with Gasteiger partial charge in [0.2, 0.25) is 5.71 Å². The number of alkyl carbamates (subject to hydrolysis) is 1. The van der Waals surface area contributed by atoms with Crippen LogP contribution in [0.2, 0.25) is 0 Å². The van der Waals surface area contributed by atoms with E-state index in [2.05, 4.69) is 10.3 Å². The van der Waals surface area contributed by atoms with Crippen LogP contribution in [0.5, 0.6) is 0 Å². The van der Waals surface area contributed by atoms with Crippen LogP contribution in [0.15, 0.2) is 70.1 Å².